The van der Waals surface area contributed by atoms with Crippen LogP contribution in [0.2, 0.25) is 8.87 Å². The van der Waals surface area contributed by atoms with Gasteiger partial charge in [0.15, 0.2) is 0 Å². The van der Waals surface area contributed by atoms with E-state index in [1.54, 1.807) is 3.58 Å². The van der Waals surface area contributed by atoms with Crippen LogP contribution in [0.25, 0.3) is 0 Å². The van der Waals surface area contributed by atoms with Crippen molar-refractivity contribution in [3.05, 3.63) is 102 Å². The van der Waals surface area contributed by atoms with Crippen molar-refractivity contribution in [2.24, 2.45) is 0 Å². The van der Waals surface area contributed by atoms with Crippen LogP contribution in [-0.2, 0) is 10.8 Å². The Morgan fingerprint density at radius 3 is 1.22 bits per heavy atom. The number of hydrogen-bond acceptors (Lipinski definition) is 0. The summed E-state index contributed by atoms with van der Waals surface area (Å²) in [4.78, 5) is 0. The third-order valence-electron chi connectivity index (χ3n) is 5.60. The second-order valence-electron chi connectivity index (χ2n) is 8.82. The van der Waals surface area contributed by atoms with Crippen molar-refractivity contribution >= 4 is 23.3 Å². The zero-order chi connectivity index (χ0) is 19.3. The Morgan fingerprint density at radius 1 is 0.519 bits per heavy atom. The summed E-state index contributed by atoms with van der Waals surface area (Å²) in [6.07, 6.45) is 0. The molecule has 1 heteroatoms. The van der Waals surface area contributed by atoms with Crippen molar-refractivity contribution in [3.8, 4) is 0 Å². The minimum absolute atomic E-state index is 0.221. The van der Waals surface area contributed by atoms with Crippen LogP contribution in [0.4, 0.5) is 0 Å². The molecule has 0 aliphatic rings. The van der Waals surface area contributed by atoms with Gasteiger partial charge in [0.05, 0.1) is 0 Å². The van der Waals surface area contributed by atoms with Crippen LogP contribution in [0, 0.1) is 0 Å². The minimum atomic E-state index is -1.89. The Bertz CT molecular complexity index is 766. The topological polar surface area (TPSA) is 0 Å². The Hall–Kier alpha value is -1.54. The summed E-state index contributed by atoms with van der Waals surface area (Å²) in [7, 11) is 0. The second-order valence-corrected chi connectivity index (χ2v) is 15.9. The maximum atomic E-state index is 2.43. The molecule has 0 N–H and O–H groups in total. The van der Waals surface area contributed by atoms with Crippen LogP contribution in [0.3, 0.4) is 0 Å². The Kier molecular flexibility index (Phi) is 6.47. The van der Waals surface area contributed by atoms with Crippen LogP contribution in [0.15, 0.2) is 91.0 Å². The second kappa shape index (κ2) is 8.64. The molecule has 0 aromatic heterocycles. The van der Waals surface area contributed by atoms with Gasteiger partial charge in [0, 0.05) is 0 Å². The van der Waals surface area contributed by atoms with Crippen LogP contribution in [-0.4, -0.2) is 19.8 Å². The molecule has 0 nitrogen and oxygen atoms in total. The molecule has 0 spiro atoms. The zero-order valence-corrected chi connectivity index (χ0v) is 19.9. The van der Waals surface area contributed by atoms with Crippen LogP contribution in [0.1, 0.15) is 38.8 Å². The van der Waals surface area contributed by atoms with E-state index in [9.17, 15) is 0 Å². The molecule has 0 bridgehead atoms. The summed E-state index contributed by atoms with van der Waals surface area (Å²) < 4.78 is 4.31. The van der Waals surface area contributed by atoms with E-state index in [4.69, 9.17) is 0 Å². The number of hydrogen-bond donors (Lipinski definition) is 0. The van der Waals surface area contributed by atoms with E-state index < -0.39 is 19.8 Å². The molecule has 0 amide bonds. The van der Waals surface area contributed by atoms with Gasteiger partial charge in [-0.05, 0) is 0 Å². The van der Waals surface area contributed by atoms with E-state index in [-0.39, 0.29) is 10.8 Å². The summed E-state index contributed by atoms with van der Waals surface area (Å²) in [5, 5.41) is 0. The van der Waals surface area contributed by atoms with Gasteiger partial charge in [-0.25, -0.2) is 0 Å². The Morgan fingerprint density at radius 2 is 0.852 bits per heavy atom. The van der Waals surface area contributed by atoms with Gasteiger partial charge in [0.25, 0.3) is 0 Å². The van der Waals surface area contributed by atoms with E-state index in [0.717, 1.165) is 0 Å². The molecule has 3 aromatic rings. The van der Waals surface area contributed by atoms with Gasteiger partial charge in [-0.1, -0.05) is 0 Å². The summed E-state index contributed by atoms with van der Waals surface area (Å²) in [6, 6.07) is 33.5. The standard InChI is InChI=1S/2C10H13.C6H5.Sn/c2*1-10(2,3)9-7-5-4-6-8-9;1-2-4-6-5-3-1;/h2*4-8H,1H2,2-3H3;1-5H;/q;;;+1. The monoisotopic (exact) mass is 463 g/mol. The maximum absolute atomic E-state index is 2.43. The molecule has 0 saturated carbocycles. The molecular weight excluding hydrogens is 431 g/mol. The van der Waals surface area contributed by atoms with E-state index in [1.807, 2.05) is 0 Å². The van der Waals surface area contributed by atoms with Gasteiger partial charge >= 0.3 is 173 Å². The summed E-state index contributed by atoms with van der Waals surface area (Å²) in [5.41, 5.74) is 3.38. The fraction of sp³-hybridized carbons (Fsp3) is 0.308. The molecule has 0 radical (unpaired) electrons. The molecule has 0 fully saturated rings. The Balaban J connectivity index is 1.90. The van der Waals surface area contributed by atoms with E-state index in [1.165, 1.54) is 20.0 Å². The van der Waals surface area contributed by atoms with Gasteiger partial charge in [0.2, 0.25) is 0 Å². The Labute approximate surface area is 172 Å². The summed E-state index contributed by atoms with van der Waals surface area (Å²) in [6.45, 7) is 9.73. The van der Waals surface area contributed by atoms with Gasteiger partial charge in [-0.15, -0.1) is 0 Å². The summed E-state index contributed by atoms with van der Waals surface area (Å²) in [5.74, 6) is 0. The quantitative estimate of drug-likeness (QED) is 0.360. The fourth-order valence-electron chi connectivity index (χ4n) is 3.99. The number of benzene rings is 3. The first-order valence-electron chi connectivity index (χ1n) is 9.90. The van der Waals surface area contributed by atoms with E-state index in [0.29, 0.717) is 0 Å². The predicted octanol–water partition coefficient (Wildman–Crippen LogP) is 6.34. The van der Waals surface area contributed by atoms with Crippen molar-refractivity contribution in [1.82, 2.24) is 0 Å². The average molecular weight is 462 g/mol. The SMILES string of the molecule is CC(C)([CH2][Sn+]([CH2]C(C)(C)c1ccccc1)[c]1ccccc1)c1ccccc1. The number of rotatable bonds is 7. The molecule has 0 aliphatic heterocycles. The normalized spacial score (nSPS) is 12.0. The first-order chi connectivity index (χ1) is 12.9. The molecule has 0 atom stereocenters. The molecular formula is C26H31Sn+. The van der Waals surface area contributed by atoms with Crippen LogP contribution < -0.4 is 3.58 Å². The van der Waals surface area contributed by atoms with Crippen LogP contribution in [0.5, 0.6) is 0 Å². The van der Waals surface area contributed by atoms with Gasteiger partial charge < -0.3 is 0 Å². The van der Waals surface area contributed by atoms with E-state index in [2.05, 4.69) is 119 Å². The molecule has 0 unspecified atom stereocenters. The van der Waals surface area contributed by atoms with Crippen molar-refractivity contribution in [1.29, 1.82) is 0 Å². The van der Waals surface area contributed by atoms with Crippen LogP contribution >= 0.6 is 0 Å². The first-order valence-corrected chi connectivity index (χ1v) is 15.4. The van der Waals surface area contributed by atoms with Gasteiger partial charge in [-0.3, -0.25) is 0 Å². The molecule has 0 heterocycles. The first kappa shape index (κ1) is 20.2. The third kappa shape index (κ3) is 5.25. The predicted molar refractivity (Wildman–Crippen MR) is 120 cm³/mol. The van der Waals surface area contributed by atoms with Crippen molar-refractivity contribution in [2.45, 2.75) is 47.4 Å². The van der Waals surface area contributed by atoms with Gasteiger partial charge in [0.1, 0.15) is 0 Å². The van der Waals surface area contributed by atoms with Crippen molar-refractivity contribution < 1.29 is 0 Å². The van der Waals surface area contributed by atoms with Crippen molar-refractivity contribution in [2.75, 3.05) is 0 Å². The molecule has 0 saturated heterocycles. The summed E-state index contributed by atoms with van der Waals surface area (Å²) >= 11 is -1.89. The average Bonchev–Trinajstić information content (AvgIpc) is 2.69. The molecule has 3 aromatic carbocycles. The molecule has 138 valence electrons. The fourth-order valence-corrected chi connectivity index (χ4v) is 14.7. The van der Waals surface area contributed by atoms with E-state index >= 15 is 0 Å². The molecule has 3 rings (SSSR count). The van der Waals surface area contributed by atoms with Crippen molar-refractivity contribution in [3.63, 3.8) is 0 Å². The van der Waals surface area contributed by atoms with Gasteiger partial charge in [-0.2, -0.15) is 0 Å². The third-order valence-corrected chi connectivity index (χ3v) is 16.4. The molecule has 0 aliphatic carbocycles. The zero-order valence-electron chi connectivity index (χ0n) is 17.1. The molecule has 27 heavy (non-hydrogen) atoms.